The van der Waals surface area contributed by atoms with Gasteiger partial charge in [0.1, 0.15) is 0 Å². The summed E-state index contributed by atoms with van der Waals surface area (Å²) in [6, 6.07) is 0. The first-order chi connectivity index (χ1) is 3.81. The summed E-state index contributed by atoms with van der Waals surface area (Å²) >= 11 is 6.73. The van der Waals surface area contributed by atoms with E-state index in [-0.39, 0.29) is 18.9 Å². The summed E-state index contributed by atoms with van der Waals surface area (Å²) in [6.07, 6.45) is 3.09. The average molecular weight is 154 g/mol. The minimum absolute atomic E-state index is 0. The SMILES string of the molecule is C/C=C/SC([S-])CC.[Li+]. The molecule has 0 aliphatic rings. The smallest absolute Gasteiger partial charge is 0.778 e. The van der Waals surface area contributed by atoms with E-state index in [0.29, 0.717) is 4.58 Å². The molecule has 3 heteroatoms. The van der Waals surface area contributed by atoms with Crippen LogP contribution in [0.1, 0.15) is 20.3 Å². The molecule has 1 unspecified atom stereocenters. The fourth-order valence-corrected chi connectivity index (χ4v) is 0.980. The summed E-state index contributed by atoms with van der Waals surface area (Å²) < 4.78 is 0.367. The molecule has 0 fully saturated rings. The monoisotopic (exact) mass is 154 g/mol. The third kappa shape index (κ3) is 9.04. The van der Waals surface area contributed by atoms with Crippen molar-refractivity contribution in [2.75, 3.05) is 0 Å². The average Bonchev–Trinajstić information content (AvgIpc) is 1.83. The van der Waals surface area contributed by atoms with Gasteiger partial charge in [-0.3, -0.25) is 0 Å². The molecular formula is C6H11LiS2. The van der Waals surface area contributed by atoms with Crippen LogP contribution in [-0.2, 0) is 12.6 Å². The summed E-state index contributed by atoms with van der Waals surface area (Å²) in [5.74, 6) is 0. The van der Waals surface area contributed by atoms with Gasteiger partial charge in [0.05, 0.1) is 0 Å². The molecule has 0 aromatic heterocycles. The molecule has 0 rings (SSSR count). The topological polar surface area (TPSA) is 0 Å². The summed E-state index contributed by atoms with van der Waals surface area (Å²) in [6.45, 7) is 4.11. The molecule has 0 saturated heterocycles. The van der Waals surface area contributed by atoms with Crippen LogP contribution >= 0.6 is 11.8 Å². The first-order valence-corrected chi connectivity index (χ1v) is 4.15. The second-order valence-corrected chi connectivity index (χ2v) is 3.42. The van der Waals surface area contributed by atoms with Gasteiger partial charge in [-0.1, -0.05) is 19.4 Å². The van der Waals surface area contributed by atoms with Crippen molar-refractivity contribution in [1.29, 1.82) is 0 Å². The quantitative estimate of drug-likeness (QED) is 0.398. The van der Waals surface area contributed by atoms with E-state index in [1.165, 1.54) is 0 Å². The number of allylic oxidation sites excluding steroid dienone is 1. The molecule has 0 amide bonds. The van der Waals surface area contributed by atoms with Crippen molar-refractivity contribution in [2.24, 2.45) is 0 Å². The van der Waals surface area contributed by atoms with Crippen molar-refractivity contribution in [1.82, 2.24) is 0 Å². The first kappa shape index (κ1) is 12.7. The van der Waals surface area contributed by atoms with Crippen LogP contribution in [0.25, 0.3) is 0 Å². The number of hydrogen-bond donors (Lipinski definition) is 0. The van der Waals surface area contributed by atoms with E-state index < -0.39 is 0 Å². The second kappa shape index (κ2) is 9.04. The maximum atomic E-state index is 5.02. The van der Waals surface area contributed by atoms with Gasteiger partial charge in [0.2, 0.25) is 0 Å². The van der Waals surface area contributed by atoms with Gasteiger partial charge < -0.3 is 12.6 Å². The molecule has 0 saturated carbocycles. The molecule has 0 radical (unpaired) electrons. The molecule has 0 aromatic rings. The molecule has 0 N–H and O–H groups in total. The van der Waals surface area contributed by atoms with E-state index in [0.717, 1.165) is 6.42 Å². The van der Waals surface area contributed by atoms with Crippen LogP contribution in [0.5, 0.6) is 0 Å². The third-order valence-corrected chi connectivity index (χ3v) is 2.43. The Kier molecular flexibility index (Phi) is 12.7. The normalized spacial score (nSPS) is 13.2. The van der Waals surface area contributed by atoms with Crippen molar-refractivity contribution in [3.05, 3.63) is 11.5 Å². The molecular weight excluding hydrogens is 143 g/mol. The minimum atomic E-state index is 0. The van der Waals surface area contributed by atoms with Crippen molar-refractivity contribution >= 4 is 24.4 Å². The predicted molar refractivity (Wildman–Crippen MR) is 43.8 cm³/mol. The fraction of sp³-hybridized carbons (Fsp3) is 0.667. The van der Waals surface area contributed by atoms with Gasteiger partial charge in [-0.15, -0.1) is 4.58 Å². The standard InChI is InChI=1S/C6H12S2.Li/c1-3-5-8-6(7)4-2;/h3,5-7H,4H2,1-2H3;/q;+1/p-1/b5-3+;. The molecule has 0 aliphatic heterocycles. The van der Waals surface area contributed by atoms with Crippen molar-refractivity contribution < 1.29 is 18.9 Å². The van der Waals surface area contributed by atoms with E-state index in [2.05, 4.69) is 6.92 Å². The largest absolute Gasteiger partial charge is 1.00 e. The molecule has 0 heterocycles. The summed E-state index contributed by atoms with van der Waals surface area (Å²) in [5.41, 5.74) is 0. The third-order valence-electron chi connectivity index (χ3n) is 0.700. The van der Waals surface area contributed by atoms with Crippen LogP contribution < -0.4 is 18.9 Å². The van der Waals surface area contributed by atoms with Gasteiger partial charge in [-0.05, 0) is 12.3 Å². The Morgan fingerprint density at radius 2 is 2.22 bits per heavy atom. The van der Waals surface area contributed by atoms with Crippen LogP contribution in [-0.4, -0.2) is 4.58 Å². The van der Waals surface area contributed by atoms with Gasteiger partial charge in [-0.25, -0.2) is 0 Å². The summed E-state index contributed by atoms with van der Waals surface area (Å²) in [4.78, 5) is 0. The number of thioether (sulfide) groups is 1. The maximum Gasteiger partial charge on any atom is 1.00 e. The van der Waals surface area contributed by atoms with E-state index in [1.54, 1.807) is 11.8 Å². The van der Waals surface area contributed by atoms with Gasteiger partial charge in [-0.2, -0.15) is 11.8 Å². The zero-order valence-electron chi connectivity index (χ0n) is 6.26. The molecule has 0 aromatic carbocycles. The van der Waals surface area contributed by atoms with Crippen LogP contribution in [0, 0.1) is 0 Å². The van der Waals surface area contributed by atoms with Gasteiger partial charge in [0.15, 0.2) is 0 Å². The zero-order valence-corrected chi connectivity index (χ0v) is 7.89. The van der Waals surface area contributed by atoms with Gasteiger partial charge in [0.25, 0.3) is 0 Å². The Balaban J connectivity index is 0. The zero-order chi connectivity index (χ0) is 6.41. The molecule has 9 heavy (non-hydrogen) atoms. The molecule has 0 nitrogen and oxygen atoms in total. The van der Waals surface area contributed by atoms with Crippen molar-refractivity contribution in [3.8, 4) is 0 Å². The number of hydrogen-bond acceptors (Lipinski definition) is 2. The Morgan fingerprint density at radius 1 is 1.67 bits per heavy atom. The Labute approximate surface area is 79.5 Å². The van der Waals surface area contributed by atoms with Crippen LogP contribution in [0.3, 0.4) is 0 Å². The van der Waals surface area contributed by atoms with Crippen LogP contribution in [0.4, 0.5) is 0 Å². The second-order valence-electron chi connectivity index (χ2n) is 1.44. The number of rotatable bonds is 3. The van der Waals surface area contributed by atoms with Gasteiger partial charge in [0, 0.05) is 0 Å². The minimum Gasteiger partial charge on any atom is -0.778 e. The molecule has 0 bridgehead atoms. The van der Waals surface area contributed by atoms with E-state index in [9.17, 15) is 0 Å². The molecule has 0 spiro atoms. The Morgan fingerprint density at radius 3 is 2.56 bits per heavy atom. The summed E-state index contributed by atoms with van der Waals surface area (Å²) in [5, 5.41) is 2.04. The molecule has 0 aliphatic carbocycles. The van der Waals surface area contributed by atoms with E-state index in [1.807, 2.05) is 18.4 Å². The van der Waals surface area contributed by atoms with E-state index in [4.69, 9.17) is 12.6 Å². The van der Waals surface area contributed by atoms with Crippen molar-refractivity contribution in [3.63, 3.8) is 0 Å². The van der Waals surface area contributed by atoms with Crippen molar-refractivity contribution in [2.45, 2.75) is 24.9 Å². The Bertz CT molecular complexity index is 73.5. The van der Waals surface area contributed by atoms with Crippen LogP contribution in [0.15, 0.2) is 11.5 Å². The maximum absolute atomic E-state index is 5.02. The Hall–Kier alpha value is 1.04. The van der Waals surface area contributed by atoms with Gasteiger partial charge >= 0.3 is 18.9 Å². The fourth-order valence-electron chi connectivity index (χ4n) is 0.262. The molecule has 1 atom stereocenters. The molecule has 48 valence electrons. The van der Waals surface area contributed by atoms with Crippen LogP contribution in [0.2, 0.25) is 0 Å². The first-order valence-electron chi connectivity index (χ1n) is 2.73. The summed E-state index contributed by atoms with van der Waals surface area (Å²) in [7, 11) is 0. The van der Waals surface area contributed by atoms with E-state index >= 15 is 0 Å². The predicted octanol–water partition coefficient (Wildman–Crippen LogP) is -0.460.